The Bertz CT molecular complexity index is 585. The minimum atomic E-state index is -0.395. The van der Waals surface area contributed by atoms with Crippen molar-refractivity contribution in [1.82, 2.24) is 10.3 Å². The number of fused-ring (bicyclic) bond motifs is 1. The summed E-state index contributed by atoms with van der Waals surface area (Å²) in [5.41, 5.74) is 2.57. The molecule has 4 heteroatoms. The first-order valence-electron chi connectivity index (χ1n) is 7.01. The van der Waals surface area contributed by atoms with Crippen molar-refractivity contribution in [3.63, 3.8) is 0 Å². The first-order valence-corrected chi connectivity index (χ1v) is 7.01. The molecule has 0 fully saturated rings. The highest BCUT2D eigenvalue weighted by Gasteiger charge is 2.18. The van der Waals surface area contributed by atoms with E-state index in [0.717, 1.165) is 24.9 Å². The molecule has 0 bridgehead atoms. The molecule has 2 aromatic rings. The average molecular weight is 262 g/mol. The number of H-pyrrole nitrogens is 1. The highest BCUT2D eigenvalue weighted by Crippen LogP contribution is 2.26. The number of rotatable bonds is 6. The van der Waals surface area contributed by atoms with Gasteiger partial charge in [0, 0.05) is 6.04 Å². The third kappa shape index (κ3) is 3.07. The summed E-state index contributed by atoms with van der Waals surface area (Å²) in [7, 11) is 0. The van der Waals surface area contributed by atoms with Crippen LogP contribution >= 0.6 is 0 Å². The number of hydrogen-bond acceptors (Lipinski definition) is 3. The Morgan fingerprint density at radius 3 is 2.84 bits per heavy atom. The van der Waals surface area contributed by atoms with E-state index in [1.165, 1.54) is 5.56 Å². The summed E-state index contributed by atoms with van der Waals surface area (Å²) in [6, 6.07) is 6.24. The van der Waals surface area contributed by atoms with E-state index in [1.807, 2.05) is 12.1 Å². The summed E-state index contributed by atoms with van der Waals surface area (Å²) >= 11 is 0. The second-order valence-corrected chi connectivity index (χ2v) is 5.09. The zero-order valence-corrected chi connectivity index (χ0v) is 11.8. The van der Waals surface area contributed by atoms with Crippen LogP contribution in [0.4, 0.5) is 0 Å². The molecule has 2 rings (SSSR count). The van der Waals surface area contributed by atoms with Gasteiger partial charge in [-0.05, 0) is 36.6 Å². The first kappa shape index (κ1) is 13.9. The molecule has 0 radical (unpaired) electrons. The molecule has 2 atom stereocenters. The average Bonchev–Trinajstić information content (AvgIpc) is 2.78. The standard InChI is InChI=1S/C15H22N2O2/c1-4-8-16-14(10(3)5-2)11-6-7-12-13(9-11)19-15(18)17-12/h6-7,9-10,14,16H,4-5,8H2,1-3H3,(H,17,18). The third-order valence-electron chi connectivity index (χ3n) is 3.63. The van der Waals surface area contributed by atoms with E-state index < -0.39 is 5.76 Å². The Kier molecular flexibility index (Phi) is 4.43. The van der Waals surface area contributed by atoms with Crippen LogP contribution in [0, 0.1) is 5.92 Å². The quantitative estimate of drug-likeness (QED) is 0.840. The minimum absolute atomic E-state index is 0.301. The van der Waals surface area contributed by atoms with Crippen molar-refractivity contribution in [3.8, 4) is 0 Å². The lowest BCUT2D eigenvalue weighted by atomic mass is 9.92. The van der Waals surface area contributed by atoms with Crippen LogP contribution in [0.2, 0.25) is 0 Å². The molecule has 2 unspecified atom stereocenters. The molecule has 4 nitrogen and oxygen atoms in total. The molecule has 19 heavy (non-hydrogen) atoms. The summed E-state index contributed by atoms with van der Waals surface area (Å²) in [5, 5.41) is 3.58. The number of aromatic nitrogens is 1. The molecule has 0 saturated heterocycles. The second-order valence-electron chi connectivity index (χ2n) is 5.09. The van der Waals surface area contributed by atoms with Gasteiger partial charge in [-0.25, -0.2) is 4.79 Å². The van der Waals surface area contributed by atoms with Crippen LogP contribution in [0.5, 0.6) is 0 Å². The summed E-state index contributed by atoms with van der Waals surface area (Å²) in [6.45, 7) is 7.59. The summed E-state index contributed by atoms with van der Waals surface area (Å²) < 4.78 is 5.14. The molecule has 1 heterocycles. The van der Waals surface area contributed by atoms with Gasteiger partial charge < -0.3 is 9.73 Å². The van der Waals surface area contributed by atoms with E-state index in [9.17, 15) is 4.79 Å². The van der Waals surface area contributed by atoms with Gasteiger partial charge in [0.1, 0.15) is 0 Å². The predicted octanol–water partition coefficient (Wildman–Crippen LogP) is 3.21. The monoisotopic (exact) mass is 262 g/mol. The SMILES string of the molecule is CCCNC(c1ccc2[nH]c(=O)oc2c1)C(C)CC. The summed E-state index contributed by atoms with van der Waals surface area (Å²) in [6.07, 6.45) is 2.21. The molecule has 0 amide bonds. The number of oxazole rings is 1. The van der Waals surface area contributed by atoms with Crippen molar-refractivity contribution >= 4 is 11.1 Å². The number of benzene rings is 1. The maximum Gasteiger partial charge on any atom is 0.417 e. The fourth-order valence-corrected chi connectivity index (χ4v) is 2.34. The molecular weight excluding hydrogens is 240 g/mol. The Morgan fingerprint density at radius 2 is 2.16 bits per heavy atom. The largest absolute Gasteiger partial charge is 0.417 e. The summed E-state index contributed by atoms with van der Waals surface area (Å²) in [5.74, 6) is 0.142. The Labute approximate surface area is 113 Å². The van der Waals surface area contributed by atoms with Gasteiger partial charge in [0.25, 0.3) is 0 Å². The van der Waals surface area contributed by atoms with E-state index in [0.29, 0.717) is 17.5 Å². The van der Waals surface area contributed by atoms with Crippen LogP contribution < -0.4 is 11.1 Å². The highest BCUT2D eigenvalue weighted by molar-refractivity contribution is 5.72. The van der Waals surface area contributed by atoms with Gasteiger partial charge in [0.2, 0.25) is 0 Å². The number of nitrogens with one attached hydrogen (secondary N) is 2. The van der Waals surface area contributed by atoms with E-state index in [-0.39, 0.29) is 0 Å². The third-order valence-corrected chi connectivity index (χ3v) is 3.63. The predicted molar refractivity (Wildman–Crippen MR) is 77.3 cm³/mol. The number of aromatic amines is 1. The lowest BCUT2D eigenvalue weighted by molar-refractivity contribution is 0.377. The molecule has 0 aliphatic heterocycles. The van der Waals surface area contributed by atoms with Crippen molar-refractivity contribution in [2.75, 3.05) is 6.54 Å². The second kappa shape index (κ2) is 6.06. The molecule has 0 aliphatic carbocycles. The van der Waals surface area contributed by atoms with Crippen LogP contribution in [0.1, 0.15) is 45.2 Å². The van der Waals surface area contributed by atoms with Crippen LogP contribution in [0.3, 0.4) is 0 Å². The topological polar surface area (TPSA) is 58.0 Å². The molecule has 1 aromatic carbocycles. The van der Waals surface area contributed by atoms with Crippen molar-refractivity contribution < 1.29 is 4.42 Å². The first-order chi connectivity index (χ1) is 9.15. The lowest BCUT2D eigenvalue weighted by Crippen LogP contribution is -2.27. The maximum atomic E-state index is 11.2. The highest BCUT2D eigenvalue weighted by atomic mass is 16.4. The Hall–Kier alpha value is -1.55. The Morgan fingerprint density at radius 1 is 1.37 bits per heavy atom. The van der Waals surface area contributed by atoms with Gasteiger partial charge in [-0.1, -0.05) is 33.3 Å². The molecule has 1 aromatic heterocycles. The van der Waals surface area contributed by atoms with Crippen molar-refractivity contribution in [2.45, 2.75) is 39.7 Å². The maximum absolute atomic E-state index is 11.2. The summed E-state index contributed by atoms with van der Waals surface area (Å²) in [4.78, 5) is 13.9. The van der Waals surface area contributed by atoms with Gasteiger partial charge in [0.05, 0.1) is 5.52 Å². The normalized spacial score (nSPS) is 14.7. The van der Waals surface area contributed by atoms with Crippen LogP contribution in [0.15, 0.2) is 27.4 Å². The molecule has 0 spiro atoms. The fraction of sp³-hybridized carbons (Fsp3) is 0.533. The van der Waals surface area contributed by atoms with E-state index in [2.05, 4.69) is 37.1 Å². The van der Waals surface area contributed by atoms with Gasteiger partial charge in [-0.15, -0.1) is 0 Å². The van der Waals surface area contributed by atoms with Gasteiger partial charge in [0.15, 0.2) is 5.58 Å². The van der Waals surface area contributed by atoms with E-state index in [1.54, 1.807) is 0 Å². The zero-order valence-electron chi connectivity index (χ0n) is 11.8. The molecule has 0 aliphatic rings. The Balaban J connectivity index is 2.34. The van der Waals surface area contributed by atoms with Crippen molar-refractivity contribution in [3.05, 3.63) is 34.3 Å². The van der Waals surface area contributed by atoms with Gasteiger partial charge in [-0.2, -0.15) is 0 Å². The zero-order chi connectivity index (χ0) is 13.8. The van der Waals surface area contributed by atoms with Gasteiger partial charge >= 0.3 is 5.76 Å². The van der Waals surface area contributed by atoms with Gasteiger partial charge in [-0.3, -0.25) is 4.98 Å². The molecule has 0 saturated carbocycles. The fourth-order valence-electron chi connectivity index (χ4n) is 2.34. The molecule has 104 valence electrons. The smallest absolute Gasteiger partial charge is 0.408 e. The van der Waals surface area contributed by atoms with Crippen LogP contribution in [-0.2, 0) is 0 Å². The lowest BCUT2D eigenvalue weighted by Gasteiger charge is -2.24. The number of hydrogen-bond donors (Lipinski definition) is 2. The van der Waals surface area contributed by atoms with E-state index >= 15 is 0 Å². The van der Waals surface area contributed by atoms with Crippen LogP contribution in [0.25, 0.3) is 11.1 Å². The van der Waals surface area contributed by atoms with Crippen molar-refractivity contribution in [1.29, 1.82) is 0 Å². The minimum Gasteiger partial charge on any atom is -0.408 e. The molecular formula is C15H22N2O2. The van der Waals surface area contributed by atoms with E-state index in [4.69, 9.17) is 4.42 Å². The van der Waals surface area contributed by atoms with Crippen LogP contribution in [-0.4, -0.2) is 11.5 Å². The molecule has 2 N–H and O–H groups in total. The van der Waals surface area contributed by atoms with Crippen molar-refractivity contribution in [2.24, 2.45) is 5.92 Å².